The van der Waals surface area contributed by atoms with Crippen LogP contribution in [0, 0.1) is 0 Å². The van der Waals surface area contributed by atoms with Crippen LogP contribution in [0.3, 0.4) is 0 Å². The van der Waals surface area contributed by atoms with Gasteiger partial charge in [-0.3, -0.25) is 13.8 Å². The van der Waals surface area contributed by atoms with Crippen molar-refractivity contribution in [2.75, 3.05) is 54.1 Å². The maximum absolute atomic E-state index is 12.6. The lowest BCUT2D eigenvalue weighted by atomic mass is 10.1. The highest BCUT2D eigenvalue weighted by atomic mass is 31.2. The van der Waals surface area contributed by atoms with Crippen LogP contribution in [-0.2, 0) is 27.9 Å². The molecular weight excluding hydrogens is 697 g/mol. The number of phosphoric acid groups is 1. The number of hydrogen-bond acceptors (Lipinski definition) is 6. The topological polar surface area (TPSA) is 91.3 Å². The van der Waals surface area contributed by atoms with Crippen LogP contribution in [-0.4, -0.2) is 75.6 Å². The zero-order valence-corrected chi connectivity index (χ0v) is 35.8. The number of phosphoric ester groups is 1. The number of allylic oxidation sites excluding steroid dienone is 14. The summed E-state index contributed by atoms with van der Waals surface area (Å²) in [5.74, 6) is -0.348. The monoisotopic (exact) mass is 777 g/mol. The lowest BCUT2D eigenvalue weighted by Crippen LogP contribution is -2.37. The molecule has 310 valence electrons. The SMILES string of the molecule is CC/C=C\C/C=C\C/C=C\C/C=C\C/C=C\C/C=C\CCCOCC(COP(=O)(O)OCC[N+](C)(C)C)OC(=O)CCCCCCC/C=C\CCCCC. The van der Waals surface area contributed by atoms with E-state index >= 15 is 0 Å². The van der Waals surface area contributed by atoms with Crippen LogP contribution in [0.5, 0.6) is 0 Å². The lowest BCUT2D eigenvalue weighted by molar-refractivity contribution is -0.870. The van der Waals surface area contributed by atoms with E-state index in [1.807, 2.05) is 21.1 Å². The molecule has 0 aliphatic rings. The van der Waals surface area contributed by atoms with E-state index in [0.717, 1.165) is 83.5 Å². The molecule has 0 heterocycles. The van der Waals surface area contributed by atoms with Gasteiger partial charge in [-0.15, -0.1) is 0 Å². The van der Waals surface area contributed by atoms with Crippen LogP contribution in [0.1, 0.15) is 136 Å². The molecule has 2 atom stereocenters. The smallest absolute Gasteiger partial charge is 0.457 e. The van der Waals surface area contributed by atoms with Gasteiger partial charge in [-0.2, -0.15) is 0 Å². The minimum atomic E-state index is -4.29. The second-order valence-corrected chi connectivity index (χ2v) is 16.1. The van der Waals surface area contributed by atoms with Gasteiger partial charge in [0.25, 0.3) is 0 Å². The summed E-state index contributed by atoms with van der Waals surface area (Å²) in [6, 6.07) is 0. The molecule has 0 fully saturated rings. The predicted molar refractivity (Wildman–Crippen MR) is 228 cm³/mol. The minimum absolute atomic E-state index is 0.0715. The molecule has 0 radical (unpaired) electrons. The number of carbonyl (C=O) groups is 1. The molecule has 0 aromatic carbocycles. The normalized spacial score (nSPS) is 14.7. The third kappa shape index (κ3) is 40.9. The molecule has 0 aromatic rings. The van der Waals surface area contributed by atoms with Gasteiger partial charge in [0, 0.05) is 13.0 Å². The Labute approximate surface area is 331 Å². The predicted octanol–water partition coefficient (Wildman–Crippen LogP) is 12.1. The van der Waals surface area contributed by atoms with Crippen molar-refractivity contribution in [3.8, 4) is 0 Å². The summed E-state index contributed by atoms with van der Waals surface area (Å²) < 4.78 is 34.8. The zero-order valence-electron chi connectivity index (χ0n) is 34.9. The number of hydrogen-bond donors (Lipinski definition) is 1. The average Bonchev–Trinajstić information content (AvgIpc) is 3.12. The van der Waals surface area contributed by atoms with E-state index in [2.05, 4.69) is 98.9 Å². The first-order chi connectivity index (χ1) is 26.1. The summed E-state index contributed by atoms with van der Waals surface area (Å²) in [4.78, 5) is 22.8. The van der Waals surface area contributed by atoms with Gasteiger partial charge in [-0.05, 0) is 83.5 Å². The van der Waals surface area contributed by atoms with E-state index in [0.29, 0.717) is 24.1 Å². The van der Waals surface area contributed by atoms with Gasteiger partial charge >= 0.3 is 13.8 Å². The number of likely N-dealkylation sites (N-methyl/N-ethyl adjacent to an activating group) is 1. The quantitative estimate of drug-likeness (QED) is 0.0221. The van der Waals surface area contributed by atoms with Gasteiger partial charge < -0.3 is 18.9 Å². The summed E-state index contributed by atoms with van der Waals surface area (Å²) in [5, 5.41) is 0. The van der Waals surface area contributed by atoms with Crippen molar-refractivity contribution < 1.29 is 37.3 Å². The molecule has 8 nitrogen and oxygen atoms in total. The molecule has 0 saturated heterocycles. The summed E-state index contributed by atoms with van der Waals surface area (Å²) in [5.41, 5.74) is 0. The van der Waals surface area contributed by atoms with Crippen molar-refractivity contribution in [1.82, 2.24) is 0 Å². The Kier molecular flexibility index (Phi) is 36.0. The van der Waals surface area contributed by atoms with E-state index in [9.17, 15) is 14.3 Å². The highest BCUT2D eigenvalue weighted by molar-refractivity contribution is 7.47. The summed E-state index contributed by atoms with van der Waals surface area (Å²) in [6.45, 7) is 5.28. The first-order valence-electron chi connectivity index (χ1n) is 20.8. The fourth-order valence-electron chi connectivity index (χ4n) is 4.97. The molecule has 0 spiro atoms. The standard InChI is InChI=1S/C45H78NO7P/c1-6-8-10-12-14-16-18-20-21-22-23-24-25-26-27-29-31-33-35-37-40-50-42-44(43-52-54(48,49)51-41-39-46(3,4)5)53-45(47)38-36-34-32-30-28-19-17-15-13-11-9-7-2/h8,10,14-17,20-21,23-24,26-27,31,33,44H,6-7,9,11-13,18-19,22,25,28-30,32,34-43H2,1-5H3/p+1/b10-8-,16-14-,17-15-,21-20-,24-23-,27-26-,33-31-. The molecule has 0 saturated carbocycles. The molecule has 0 rings (SSSR count). The van der Waals surface area contributed by atoms with E-state index in [4.69, 9.17) is 18.5 Å². The van der Waals surface area contributed by atoms with Crippen LogP contribution in [0.4, 0.5) is 0 Å². The minimum Gasteiger partial charge on any atom is -0.457 e. The molecule has 0 aliphatic heterocycles. The Balaban J connectivity index is 4.39. The number of esters is 1. The molecule has 54 heavy (non-hydrogen) atoms. The second kappa shape index (κ2) is 37.6. The molecule has 9 heteroatoms. The Morgan fingerprint density at radius 2 is 1.07 bits per heavy atom. The number of quaternary nitrogens is 1. The third-order valence-corrected chi connectivity index (χ3v) is 9.17. The summed E-state index contributed by atoms with van der Waals surface area (Å²) >= 11 is 0. The number of rotatable bonds is 37. The van der Waals surface area contributed by atoms with E-state index in [-0.39, 0.29) is 25.8 Å². The van der Waals surface area contributed by atoms with Gasteiger partial charge in [0.2, 0.25) is 0 Å². The van der Waals surface area contributed by atoms with Crippen molar-refractivity contribution in [3.05, 3.63) is 85.1 Å². The zero-order chi connectivity index (χ0) is 39.9. The van der Waals surface area contributed by atoms with Crippen LogP contribution in [0.25, 0.3) is 0 Å². The summed E-state index contributed by atoms with van der Waals surface area (Å²) in [6.07, 6.45) is 49.2. The van der Waals surface area contributed by atoms with E-state index in [1.165, 1.54) is 32.1 Å². The van der Waals surface area contributed by atoms with Crippen LogP contribution >= 0.6 is 7.82 Å². The molecule has 0 aliphatic carbocycles. The van der Waals surface area contributed by atoms with Crippen LogP contribution in [0.15, 0.2) is 85.1 Å². The van der Waals surface area contributed by atoms with E-state index in [1.54, 1.807) is 0 Å². The van der Waals surface area contributed by atoms with Gasteiger partial charge in [0.05, 0.1) is 34.4 Å². The molecule has 0 aromatic heterocycles. The first-order valence-corrected chi connectivity index (χ1v) is 22.3. The second-order valence-electron chi connectivity index (χ2n) is 14.6. The fourth-order valence-corrected chi connectivity index (χ4v) is 5.71. The number of ether oxygens (including phenoxy) is 2. The van der Waals surface area contributed by atoms with Crippen molar-refractivity contribution in [2.24, 2.45) is 0 Å². The molecule has 0 amide bonds. The maximum Gasteiger partial charge on any atom is 0.472 e. The van der Waals surface area contributed by atoms with Gasteiger partial charge in [0.1, 0.15) is 19.3 Å². The highest BCUT2D eigenvalue weighted by Crippen LogP contribution is 2.43. The van der Waals surface area contributed by atoms with Gasteiger partial charge in [-0.1, -0.05) is 131 Å². The van der Waals surface area contributed by atoms with Gasteiger partial charge in [0.15, 0.2) is 0 Å². The van der Waals surface area contributed by atoms with Crippen LogP contribution < -0.4 is 0 Å². The molecule has 1 N–H and O–H groups in total. The highest BCUT2D eigenvalue weighted by Gasteiger charge is 2.26. The first kappa shape index (κ1) is 51.7. The molecular formula is C45H79NO7P+. The van der Waals surface area contributed by atoms with Crippen molar-refractivity contribution in [1.29, 1.82) is 0 Å². The number of unbranched alkanes of at least 4 members (excludes halogenated alkanes) is 9. The average molecular weight is 777 g/mol. The van der Waals surface area contributed by atoms with Crippen molar-refractivity contribution in [2.45, 2.75) is 142 Å². The van der Waals surface area contributed by atoms with E-state index < -0.39 is 13.9 Å². The van der Waals surface area contributed by atoms with Gasteiger partial charge in [-0.25, -0.2) is 4.57 Å². The Morgan fingerprint density at radius 3 is 1.63 bits per heavy atom. The largest absolute Gasteiger partial charge is 0.472 e. The molecule has 2 unspecified atom stereocenters. The molecule has 0 bridgehead atoms. The lowest BCUT2D eigenvalue weighted by Gasteiger charge is -2.24. The summed E-state index contributed by atoms with van der Waals surface area (Å²) in [7, 11) is 1.61. The number of nitrogens with zero attached hydrogens (tertiary/aromatic N) is 1. The van der Waals surface area contributed by atoms with Crippen LogP contribution in [0.2, 0.25) is 0 Å². The third-order valence-electron chi connectivity index (χ3n) is 8.19. The van der Waals surface area contributed by atoms with Crippen molar-refractivity contribution >= 4 is 13.8 Å². The fraction of sp³-hybridized carbons (Fsp3) is 0.667. The Bertz CT molecular complexity index is 1130. The Hall–Kier alpha value is -2.32. The number of carbonyl (C=O) groups excluding carboxylic acids is 1. The maximum atomic E-state index is 12.6. The Morgan fingerprint density at radius 1 is 0.593 bits per heavy atom. The van der Waals surface area contributed by atoms with Crippen molar-refractivity contribution in [3.63, 3.8) is 0 Å².